The zero-order valence-electron chi connectivity index (χ0n) is 9.45. The fraction of sp³-hybridized carbons (Fsp3) is 0.167. The Kier molecular flexibility index (Phi) is 6.62. The molecule has 1 heterocycles. The molecule has 3 N–H and O–H groups in total. The van der Waals surface area contributed by atoms with E-state index in [9.17, 15) is 4.79 Å². The minimum Gasteiger partial charge on any atom is -0.480 e. The molecular formula is C12H14Cl2N2O2. The van der Waals surface area contributed by atoms with Crippen LogP contribution in [-0.4, -0.2) is 22.1 Å². The van der Waals surface area contributed by atoms with E-state index >= 15 is 0 Å². The molecule has 1 aromatic carbocycles. The highest BCUT2D eigenvalue weighted by Gasteiger charge is 2.13. The highest BCUT2D eigenvalue weighted by atomic mass is 35.5. The number of carbonyl (C=O) groups is 1. The van der Waals surface area contributed by atoms with Gasteiger partial charge in [-0.2, -0.15) is 0 Å². The average molecular weight is 289 g/mol. The molecule has 1 atom stereocenters. The Labute approximate surface area is 117 Å². The molecule has 0 aliphatic heterocycles. The van der Waals surface area contributed by atoms with Gasteiger partial charge in [0.05, 0.1) is 5.52 Å². The molecule has 1 aromatic heterocycles. The molecule has 2 aromatic rings. The highest BCUT2D eigenvalue weighted by molar-refractivity contribution is 5.85. The molecule has 0 saturated carbocycles. The minimum atomic E-state index is -0.985. The van der Waals surface area contributed by atoms with Crippen LogP contribution in [0.25, 0.3) is 10.9 Å². The van der Waals surface area contributed by atoms with Crippen molar-refractivity contribution < 1.29 is 9.90 Å². The maximum Gasteiger partial charge on any atom is 0.320 e. The first-order valence-electron chi connectivity index (χ1n) is 4.99. The van der Waals surface area contributed by atoms with Gasteiger partial charge in [-0.1, -0.05) is 18.2 Å². The van der Waals surface area contributed by atoms with Crippen LogP contribution in [0.4, 0.5) is 0 Å². The van der Waals surface area contributed by atoms with Crippen molar-refractivity contribution >= 4 is 41.7 Å². The normalized spacial score (nSPS) is 11.2. The van der Waals surface area contributed by atoms with Gasteiger partial charge in [-0.05, 0) is 24.1 Å². The Morgan fingerprint density at radius 1 is 1.28 bits per heavy atom. The van der Waals surface area contributed by atoms with E-state index in [4.69, 9.17) is 10.8 Å². The molecule has 0 spiro atoms. The van der Waals surface area contributed by atoms with Crippen LogP contribution in [0, 0.1) is 0 Å². The first-order valence-corrected chi connectivity index (χ1v) is 4.99. The first-order chi connectivity index (χ1) is 7.68. The van der Waals surface area contributed by atoms with Crippen LogP contribution >= 0.6 is 24.8 Å². The number of nitrogens with zero attached hydrogens (tertiary/aromatic N) is 1. The zero-order valence-corrected chi connectivity index (χ0v) is 11.1. The monoisotopic (exact) mass is 288 g/mol. The number of hydrogen-bond donors (Lipinski definition) is 2. The number of fused-ring (bicyclic) bond motifs is 1. The van der Waals surface area contributed by atoms with Crippen LogP contribution in [-0.2, 0) is 11.2 Å². The van der Waals surface area contributed by atoms with Gasteiger partial charge in [0.2, 0.25) is 0 Å². The lowest BCUT2D eigenvalue weighted by atomic mass is 10.0. The van der Waals surface area contributed by atoms with Crippen LogP contribution in [0.15, 0.2) is 36.5 Å². The summed E-state index contributed by atoms with van der Waals surface area (Å²) in [6.45, 7) is 0. The summed E-state index contributed by atoms with van der Waals surface area (Å²) < 4.78 is 0. The Balaban J connectivity index is 0.00000144. The molecule has 98 valence electrons. The van der Waals surface area contributed by atoms with Crippen LogP contribution in [0.2, 0.25) is 0 Å². The van der Waals surface area contributed by atoms with Crippen molar-refractivity contribution in [3.8, 4) is 0 Å². The second-order valence-corrected chi connectivity index (χ2v) is 3.64. The zero-order chi connectivity index (χ0) is 11.5. The SMILES string of the molecule is Cl.Cl.N[C@@H](Cc1ccnc2ccccc12)C(=O)O. The second-order valence-electron chi connectivity index (χ2n) is 3.64. The Bertz CT molecular complexity index is 529. The van der Waals surface area contributed by atoms with Gasteiger partial charge in [-0.3, -0.25) is 9.78 Å². The third-order valence-corrected chi connectivity index (χ3v) is 2.50. The third kappa shape index (κ3) is 3.57. The standard InChI is InChI=1S/C12H12N2O2.2ClH/c13-10(12(15)16)7-8-5-6-14-11-4-2-1-3-9(8)11;;/h1-6,10H,7,13H2,(H,15,16);2*1H/t10-;;/m0../s1. The van der Waals surface area contributed by atoms with Gasteiger partial charge in [0, 0.05) is 11.6 Å². The number of hydrogen-bond acceptors (Lipinski definition) is 3. The number of benzene rings is 1. The number of carboxylic acid groups (broad SMARTS) is 1. The van der Waals surface area contributed by atoms with E-state index in [1.807, 2.05) is 30.3 Å². The van der Waals surface area contributed by atoms with Crippen molar-refractivity contribution in [3.05, 3.63) is 42.1 Å². The highest BCUT2D eigenvalue weighted by Crippen LogP contribution is 2.17. The van der Waals surface area contributed by atoms with Crippen molar-refractivity contribution in [1.29, 1.82) is 0 Å². The summed E-state index contributed by atoms with van der Waals surface area (Å²) in [5.41, 5.74) is 7.30. The van der Waals surface area contributed by atoms with E-state index in [-0.39, 0.29) is 24.8 Å². The second kappa shape index (κ2) is 7.16. The van der Waals surface area contributed by atoms with Gasteiger partial charge in [-0.25, -0.2) is 0 Å². The predicted molar refractivity (Wildman–Crippen MR) is 75.6 cm³/mol. The number of nitrogens with two attached hydrogens (primary N) is 1. The molecule has 18 heavy (non-hydrogen) atoms. The fourth-order valence-electron chi connectivity index (χ4n) is 1.66. The summed E-state index contributed by atoms with van der Waals surface area (Å²) in [6, 6.07) is 8.56. The molecule has 0 saturated heterocycles. The van der Waals surface area contributed by atoms with Crippen molar-refractivity contribution in [2.45, 2.75) is 12.5 Å². The number of aliphatic carboxylic acids is 1. The van der Waals surface area contributed by atoms with Crippen LogP contribution in [0.3, 0.4) is 0 Å². The first kappa shape index (κ1) is 16.6. The van der Waals surface area contributed by atoms with Crippen LogP contribution < -0.4 is 5.73 Å². The summed E-state index contributed by atoms with van der Waals surface area (Å²) in [5, 5.41) is 9.73. The summed E-state index contributed by atoms with van der Waals surface area (Å²) in [4.78, 5) is 14.9. The minimum absolute atomic E-state index is 0. The van der Waals surface area contributed by atoms with E-state index in [1.54, 1.807) is 6.20 Å². The van der Waals surface area contributed by atoms with Gasteiger partial charge in [-0.15, -0.1) is 24.8 Å². The molecule has 0 bridgehead atoms. The van der Waals surface area contributed by atoms with Gasteiger partial charge >= 0.3 is 5.97 Å². The van der Waals surface area contributed by atoms with Gasteiger partial charge < -0.3 is 10.8 Å². The Morgan fingerprint density at radius 3 is 2.61 bits per heavy atom. The van der Waals surface area contributed by atoms with Gasteiger partial charge in [0.25, 0.3) is 0 Å². The molecule has 6 heteroatoms. The van der Waals surface area contributed by atoms with E-state index in [0.29, 0.717) is 6.42 Å². The van der Waals surface area contributed by atoms with Gasteiger partial charge in [0.1, 0.15) is 6.04 Å². The number of carboxylic acids is 1. The summed E-state index contributed by atoms with van der Waals surface area (Å²) in [5.74, 6) is -0.985. The fourth-order valence-corrected chi connectivity index (χ4v) is 1.66. The number of rotatable bonds is 3. The van der Waals surface area contributed by atoms with Crippen molar-refractivity contribution in [2.75, 3.05) is 0 Å². The number of pyridine rings is 1. The summed E-state index contributed by atoms with van der Waals surface area (Å²) >= 11 is 0. The van der Waals surface area contributed by atoms with Crippen molar-refractivity contribution in [1.82, 2.24) is 4.98 Å². The van der Waals surface area contributed by atoms with E-state index in [1.165, 1.54) is 0 Å². The average Bonchev–Trinajstić information content (AvgIpc) is 2.29. The Morgan fingerprint density at radius 2 is 1.94 bits per heavy atom. The summed E-state index contributed by atoms with van der Waals surface area (Å²) in [6.07, 6.45) is 1.99. The van der Waals surface area contributed by atoms with Crippen LogP contribution in [0.1, 0.15) is 5.56 Å². The van der Waals surface area contributed by atoms with Crippen molar-refractivity contribution in [3.63, 3.8) is 0 Å². The molecule has 0 amide bonds. The smallest absolute Gasteiger partial charge is 0.320 e. The molecule has 0 aliphatic rings. The maximum atomic E-state index is 10.7. The van der Waals surface area contributed by atoms with Gasteiger partial charge in [0.15, 0.2) is 0 Å². The van der Waals surface area contributed by atoms with Crippen LogP contribution in [0.5, 0.6) is 0 Å². The lowest BCUT2D eigenvalue weighted by Gasteiger charge is -2.08. The third-order valence-electron chi connectivity index (χ3n) is 2.50. The quantitative estimate of drug-likeness (QED) is 0.906. The molecule has 0 unspecified atom stereocenters. The maximum absolute atomic E-state index is 10.7. The predicted octanol–water partition coefficient (Wildman–Crippen LogP) is 2.03. The molecule has 2 rings (SSSR count). The van der Waals surface area contributed by atoms with E-state index in [0.717, 1.165) is 16.5 Å². The number of aromatic nitrogens is 1. The van der Waals surface area contributed by atoms with Crippen molar-refractivity contribution in [2.24, 2.45) is 5.73 Å². The number of halogens is 2. The lowest BCUT2D eigenvalue weighted by Crippen LogP contribution is -2.32. The molecule has 0 aliphatic carbocycles. The molecule has 0 fully saturated rings. The Hall–Kier alpha value is -1.36. The number of para-hydroxylation sites is 1. The lowest BCUT2D eigenvalue weighted by molar-refractivity contribution is -0.138. The topological polar surface area (TPSA) is 76.2 Å². The van der Waals surface area contributed by atoms with E-state index < -0.39 is 12.0 Å². The molecular weight excluding hydrogens is 275 g/mol. The summed E-state index contributed by atoms with van der Waals surface area (Å²) in [7, 11) is 0. The molecule has 0 radical (unpaired) electrons. The molecule has 4 nitrogen and oxygen atoms in total. The largest absolute Gasteiger partial charge is 0.480 e. The van der Waals surface area contributed by atoms with E-state index in [2.05, 4.69) is 4.98 Å².